The van der Waals surface area contributed by atoms with E-state index in [9.17, 15) is 15.3 Å². The van der Waals surface area contributed by atoms with Gasteiger partial charge in [-0.3, -0.25) is 4.57 Å². The van der Waals surface area contributed by atoms with E-state index in [1.54, 1.807) is 6.92 Å². The Kier molecular flexibility index (Phi) is 7.68. The summed E-state index contributed by atoms with van der Waals surface area (Å²) in [4.78, 5) is 0. The fourth-order valence-electron chi connectivity index (χ4n) is 4.90. The second-order valence-electron chi connectivity index (χ2n) is 9.56. The van der Waals surface area contributed by atoms with Gasteiger partial charge >= 0.3 is 0 Å². The molecule has 0 bridgehead atoms. The molecule has 0 radical (unpaired) electrons. The van der Waals surface area contributed by atoms with Gasteiger partial charge in [0.15, 0.2) is 0 Å². The maximum Gasteiger partial charge on any atom is 0.289 e. The molecule has 3 unspecified atom stereocenters. The van der Waals surface area contributed by atoms with Crippen LogP contribution in [0.4, 0.5) is 0 Å². The highest BCUT2D eigenvalue weighted by Gasteiger charge is 2.44. The molecule has 3 atom stereocenters. The molecular weight excluding hydrogens is 499 g/mol. The predicted molar refractivity (Wildman–Crippen MR) is 149 cm³/mol. The van der Waals surface area contributed by atoms with Gasteiger partial charge in [-0.15, -0.1) is 0 Å². The highest BCUT2D eigenvalue weighted by atomic mass is 31.2. The third-order valence-electron chi connectivity index (χ3n) is 6.84. The van der Waals surface area contributed by atoms with Gasteiger partial charge < -0.3 is 24.6 Å². The molecule has 0 saturated heterocycles. The van der Waals surface area contributed by atoms with Crippen molar-refractivity contribution in [2.24, 2.45) is 0 Å². The van der Waals surface area contributed by atoms with E-state index in [0.29, 0.717) is 16.8 Å². The minimum Gasteiger partial charge on any atom is -0.491 e. The van der Waals surface area contributed by atoms with Crippen molar-refractivity contribution in [2.75, 3.05) is 19.8 Å². The number of aliphatic hydroxyl groups is 3. The Morgan fingerprint density at radius 1 is 0.763 bits per heavy atom. The summed E-state index contributed by atoms with van der Waals surface area (Å²) in [6.07, 6.45) is -0.592. The normalized spacial score (nSPS) is 17.7. The van der Waals surface area contributed by atoms with Crippen LogP contribution in [0.3, 0.4) is 0 Å². The van der Waals surface area contributed by atoms with E-state index in [1.807, 2.05) is 97.1 Å². The molecule has 1 heterocycles. The third-order valence-corrected chi connectivity index (χ3v) is 9.65. The zero-order chi connectivity index (χ0) is 26.7. The van der Waals surface area contributed by atoms with Crippen molar-refractivity contribution in [2.45, 2.75) is 24.6 Å². The monoisotopic (exact) mass is 530 g/mol. The zero-order valence-corrected chi connectivity index (χ0v) is 22.0. The summed E-state index contributed by atoms with van der Waals surface area (Å²) >= 11 is 0. The summed E-state index contributed by atoms with van der Waals surface area (Å²) in [6.45, 7) is 1.50. The Labute approximate surface area is 222 Å². The minimum absolute atomic E-state index is 0.168. The van der Waals surface area contributed by atoms with Gasteiger partial charge in [0.1, 0.15) is 23.8 Å². The number of hydrogen-bond donors (Lipinski definition) is 3. The van der Waals surface area contributed by atoms with Gasteiger partial charge in [-0.25, -0.2) is 0 Å². The summed E-state index contributed by atoms with van der Waals surface area (Å²) in [7, 11) is -3.57. The van der Waals surface area contributed by atoms with E-state index in [2.05, 4.69) is 0 Å². The van der Waals surface area contributed by atoms with Crippen LogP contribution in [-0.4, -0.2) is 41.2 Å². The molecule has 7 heteroatoms. The molecule has 0 aliphatic carbocycles. The first-order valence-corrected chi connectivity index (χ1v) is 14.3. The summed E-state index contributed by atoms with van der Waals surface area (Å²) in [5.41, 5.74) is 3.54. The Morgan fingerprint density at radius 3 is 1.95 bits per heavy atom. The molecule has 0 saturated carbocycles. The smallest absolute Gasteiger partial charge is 0.289 e. The molecule has 196 valence electrons. The van der Waals surface area contributed by atoms with Crippen LogP contribution < -0.4 is 14.6 Å². The van der Waals surface area contributed by atoms with Crippen LogP contribution in [-0.2, 0) is 4.57 Å². The molecule has 4 aromatic carbocycles. The van der Waals surface area contributed by atoms with Crippen LogP contribution in [0.5, 0.6) is 11.5 Å². The van der Waals surface area contributed by atoms with Crippen molar-refractivity contribution in [1.29, 1.82) is 0 Å². The Morgan fingerprint density at radius 2 is 1.32 bits per heavy atom. The number of hydrogen-bond acceptors (Lipinski definition) is 6. The van der Waals surface area contributed by atoms with Crippen molar-refractivity contribution in [3.63, 3.8) is 0 Å². The Hall–Kier alpha value is -3.41. The average molecular weight is 531 g/mol. The average Bonchev–Trinajstić information content (AvgIpc) is 2.94. The van der Waals surface area contributed by atoms with Gasteiger partial charge in [-0.1, -0.05) is 72.8 Å². The standard InChI is InChI=1S/C31H31O6P/c1-21(34)20-36-26-16-14-24(15-17-26)31(23-12-10-22(11-13-23)25(18-32)19-33)38(35)30-9-5-3-7-28(30)27-6-2-4-8-29(27)37-38/h2-17,21,25,31-34H,18-20H2,1H3. The number of benzene rings is 4. The third kappa shape index (κ3) is 5.01. The largest absolute Gasteiger partial charge is 0.491 e. The number of fused-ring (bicyclic) bond motifs is 3. The second-order valence-corrected chi connectivity index (χ2v) is 11.9. The van der Waals surface area contributed by atoms with Crippen molar-refractivity contribution in [1.82, 2.24) is 0 Å². The molecule has 0 fully saturated rings. The van der Waals surface area contributed by atoms with Crippen molar-refractivity contribution >= 4 is 12.7 Å². The van der Waals surface area contributed by atoms with E-state index in [-0.39, 0.29) is 25.7 Å². The zero-order valence-electron chi connectivity index (χ0n) is 21.1. The lowest BCUT2D eigenvalue weighted by atomic mass is 9.97. The van der Waals surface area contributed by atoms with Crippen LogP contribution in [0, 0.1) is 0 Å². The Bertz CT molecular complexity index is 1430. The molecular formula is C31H31O6P. The lowest BCUT2D eigenvalue weighted by Gasteiger charge is -2.34. The first-order valence-electron chi connectivity index (χ1n) is 12.7. The SMILES string of the molecule is CC(O)COc1ccc(C(c2ccc(C(CO)CO)cc2)P2(=O)Oc3ccccc3-c3ccccc32)cc1. The van der Waals surface area contributed by atoms with E-state index >= 15 is 4.57 Å². The molecule has 6 nitrogen and oxygen atoms in total. The first kappa shape index (κ1) is 26.2. The molecule has 0 spiro atoms. The molecule has 1 aliphatic rings. The van der Waals surface area contributed by atoms with E-state index < -0.39 is 19.1 Å². The topological polar surface area (TPSA) is 96.2 Å². The highest BCUT2D eigenvalue weighted by molar-refractivity contribution is 7.68. The van der Waals surface area contributed by atoms with Crippen molar-refractivity contribution in [3.8, 4) is 22.6 Å². The molecule has 5 rings (SSSR count). The number of ether oxygens (including phenoxy) is 1. The summed E-state index contributed by atoms with van der Waals surface area (Å²) in [5.74, 6) is 0.794. The lowest BCUT2D eigenvalue weighted by Crippen LogP contribution is -2.23. The quantitative estimate of drug-likeness (QED) is 0.255. The van der Waals surface area contributed by atoms with Gasteiger partial charge in [0.05, 0.1) is 24.6 Å². The fourth-order valence-corrected chi connectivity index (χ4v) is 7.78. The van der Waals surface area contributed by atoms with Gasteiger partial charge in [0.2, 0.25) is 0 Å². The molecule has 38 heavy (non-hydrogen) atoms. The maximum absolute atomic E-state index is 15.2. The molecule has 3 N–H and O–H groups in total. The van der Waals surface area contributed by atoms with Gasteiger partial charge in [-0.2, -0.15) is 0 Å². The summed E-state index contributed by atoms with van der Waals surface area (Å²) in [6, 6.07) is 30.2. The second kappa shape index (κ2) is 11.1. The van der Waals surface area contributed by atoms with Crippen molar-refractivity contribution in [3.05, 3.63) is 114 Å². The maximum atomic E-state index is 15.2. The number of rotatable bonds is 9. The van der Waals surface area contributed by atoms with E-state index in [0.717, 1.165) is 27.8 Å². The first-order chi connectivity index (χ1) is 18.4. The predicted octanol–water partition coefficient (Wildman–Crippen LogP) is 5.27. The van der Waals surface area contributed by atoms with Crippen LogP contribution in [0.15, 0.2) is 97.1 Å². The summed E-state index contributed by atoms with van der Waals surface area (Å²) in [5, 5.41) is 29.5. The van der Waals surface area contributed by atoms with Crippen LogP contribution in [0.25, 0.3) is 11.1 Å². The fraction of sp³-hybridized carbons (Fsp3) is 0.226. The van der Waals surface area contributed by atoms with Gasteiger partial charge in [0.25, 0.3) is 7.37 Å². The minimum atomic E-state index is -3.57. The van der Waals surface area contributed by atoms with Crippen LogP contribution in [0.2, 0.25) is 0 Å². The Balaban J connectivity index is 1.64. The molecule has 0 aromatic heterocycles. The molecule has 1 aliphatic heterocycles. The molecule has 4 aromatic rings. The van der Waals surface area contributed by atoms with Crippen LogP contribution >= 0.6 is 7.37 Å². The van der Waals surface area contributed by atoms with E-state index in [4.69, 9.17) is 9.26 Å². The van der Waals surface area contributed by atoms with E-state index in [1.165, 1.54) is 0 Å². The molecule has 0 amide bonds. The highest BCUT2D eigenvalue weighted by Crippen LogP contribution is 2.65. The number of aliphatic hydroxyl groups excluding tert-OH is 3. The number of para-hydroxylation sites is 1. The lowest BCUT2D eigenvalue weighted by molar-refractivity contribution is 0.122. The van der Waals surface area contributed by atoms with Gasteiger partial charge in [-0.05, 0) is 53.4 Å². The van der Waals surface area contributed by atoms with Crippen LogP contribution in [0.1, 0.15) is 35.2 Å². The van der Waals surface area contributed by atoms with Gasteiger partial charge in [0, 0.05) is 11.5 Å². The summed E-state index contributed by atoms with van der Waals surface area (Å²) < 4.78 is 27.3. The van der Waals surface area contributed by atoms with Crippen molar-refractivity contribution < 1.29 is 29.1 Å².